The maximum Gasteiger partial charge on any atom is 0.269 e. The second-order valence-corrected chi connectivity index (χ2v) is 8.91. The molecule has 0 spiro atoms. The van der Waals surface area contributed by atoms with Gasteiger partial charge in [0.15, 0.2) is 0 Å². The average Bonchev–Trinajstić information content (AvgIpc) is 2.63. The van der Waals surface area contributed by atoms with E-state index in [1.165, 1.54) is 0 Å². The molecule has 0 aliphatic carbocycles. The van der Waals surface area contributed by atoms with Crippen molar-refractivity contribution in [1.29, 1.82) is 0 Å². The zero-order chi connectivity index (χ0) is 22.7. The summed E-state index contributed by atoms with van der Waals surface area (Å²) in [6.07, 6.45) is 0.190. The van der Waals surface area contributed by atoms with Crippen LogP contribution in [-0.2, 0) is 33.1 Å². The van der Waals surface area contributed by atoms with Gasteiger partial charge >= 0.3 is 0 Å². The summed E-state index contributed by atoms with van der Waals surface area (Å²) in [7, 11) is -9.75. The zero-order valence-electron chi connectivity index (χ0n) is 15.1. The van der Waals surface area contributed by atoms with Crippen LogP contribution in [0, 0.1) is 20.2 Å². The molecular formula is C16H14N2O10S2-2. The minimum absolute atomic E-state index is 0.0626. The molecule has 0 saturated carbocycles. The van der Waals surface area contributed by atoms with E-state index in [0.29, 0.717) is 0 Å². The SMILES string of the molecule is O=[N+]([O-])c1ccc(S(=O)(=O)[O-])c(CCCCc2cc([N+](=O)[O-])ccc2S(=O)(=O)[O-])c1. The molecule has 162 valence electrons. The van der Waals surface area contributed by atoms with E-state index >= 15 is 0 Å². The van der Waals surface area contributed by atoms with Crippen LogP contribution in [0.1, 0.15) is 24.0 Å². The molecule has 0 N–H and O–H groups in total. The molecule has 0 aromatic heterocycles. The highest BCUT2D eigenvalue weighted by Crippen LogP contribution is 2.26. The Labute approximate surface area is 171 Å². The van der Waals surface area contributed by atoms with E-state index in [1.807, 2.05) is 0 Å². The number of hydrogen-bond acceptors (Lipinski definition) is 10. The third kappa shape index (κ3) is 5.79. The number of benzene rings is 2. The van der Waals surface area contributed by atoms with Gasteiger partial charge in [-0.2, -0.15) is 0 Å². The van der Waals surface area contributed by atoms with Crippen molar-refractivity contribution in [2.24, 2.45) is 0 Å². The van der Waals surface area contributed by atoms with Crippen molar-refractivity contribution < 1.29 is 35.8 Å². The van der Waals surface area contributed by atoms with Crippen molar-refractivity contribution >= 4 is 31.6 Å². The third-order valence-electron chi connectivity index (χ3n) is 4.19. The van der Waals surface area contributed by atoms with E-state index in [2.05, 4.69) is 0 Å². The van der Waals surface area contributed by atoms with Gasteiger partial charge in [-0.3, -0.25) is 20.2 Å². The lowest BCUT2D eigenvalue weighted by atomic mass is 10.0. The van der Waals surface area contributed by atoms with E-state index in [-0.39, 0.29) is 36.8 Å². The highest BCUT2D eigenvalue weighted by Gasteiger charge is 2.16. The molecular weight excluding hydrogens is 444 g/mol. The van der Waals surface area contributed by atoms with Crippen LogP contribution in [0.25, 0.3) is 0 Å². The van der Waals surface area contributed by atoms with Gasteiger partial charge in [0.1, 0.15) is 20.2 Å². The smallest absolute Gasteiger partial charge is 0.269 e. The van der Waals surface area contributed by atoms with Crippen LogP contribution in [0.4, 0.5) is 11.4 Å². The highest BCUT2D eigenvalue weighted by atomic mass is 32.2. The summed E-state index contributed by atoms with van der Waals surface area (Å²) < 4.78 is 68.1. The number of unbranched alkanes of at least 4 members (excludes halogenated alkanes) is 1. The van der Waals surface area contributed by atoms with Crippen molar-refractivity contribution in [2.75, 3.05) is 0 Å². The molecule has 30 heavy (non-hydrogen) atoms. The fraction of sp³-hybridized carbons (Fsp3) is 0.250. The van der Waals surface area contributed by atoms with Crippen LogP contribution in [0.15, 0.2) is 46.2 Å². The topological polar surface area (TPSA) is 201 Å². The van der Waals surface area contributed by atoms with Crippen LogP contribution in [-0.4, -0.2) is 35.8 Å². The molecule has 0 aliphatic heterocycles. The van der Waals surface area contributed by atoms with Crippen LogP contribution in [0.5, 0.6) is 0 Å². The van der Waals surface area contributed by atoms with E-state index in [1.54, 1.807) is 0 Å². The van der Waals surface area contributed by atoms with Gasteiger partial charge < -0.3 is 9.11 Å². The molecule has 0 bridgehead atoms. The summed E-state index contributed by atoms with van der Waals surface area (Å²) in [6.45, 7) is 0. The molecule has 0 unspecified atom stereocenters. The number of rotatable bonds is 9. The van der Waals surface area contributed by atoms with Crippen molar-refractivity contribution in [1.82, 2.24) is 0 Å². The second-order valence-electron chi connectivity index (χ2n) is 6.21. The predicted octanol–water partition coefficient (Wildman–Crippen LogP) is 1.88. The molecule has 12 nitrogen and oxygen atoms in total. The lowest BCUT2D eigenvalue weighted by molar-refractivity contribution is -0.385. The molecule has 14 heteroatoms. The summed E-state index contributed by atoms with van der Waals surface area (Å²) in [4.78, 5) is 19.1. The van der Waals surface area contributed by atoms with E-state index in [9.17, 15) is 46.2 Å². The normalized spacial score (nSPS) is 11.9. The monoisotopic (exact) mass is 458 g/mol. The minimum atomic E-state index is -4.87. The number of nitro benzene ring substituents is 2. The van der Waals surface area contributed by atoms with Gasteiger partial charge in [0.05, 0.1) is 19.6 Å². The molecule has 0 atom stereocenters. The summed E-state index contributed by atoms with van der Waals surface area (Å²) >= 11 is 0. The molecule has 0 heterocycles. The number of aryl methyl sites for hydroxylation is 2. The summed E-state index contributed by atoms with van der Waals surface area (Å²) in [6, 6.07) is 5.40. The Hall–Kier alpha value is -2.94. The van der Waals surface area contributed by atoms with Crippen molar-refractivity contribution in [2.45, 2.75) is 35.5 Å². The third-order valence-corrected chi connectivity index (χ3v) is 6.06. The van der Waals surface area contributed by atoms with Crippen molar-refractivity contribution in [3.8, 4) is 0 Å². The Morgan fingerprint density at radius 2 is 1.00 bits per heavy atom. The van der Waals surface area contributed by atoms with Gasteiger partial charge in [-0.25, -0.2) is 16.8 Å². The number of nitrogens with zero attached hydrogens (tertiary/aromatic N) is 2. The predicted molar refractivity (Wildman–Crippen MR) is 98.8 cm³/mol. The van der Waals surface area contributed by atoms with Gasteiger partial charge in [0, 0.05) is 24.3 Å². The number of nitro groups is 2. The quantitative estimate of drug-likeness (QED) is 0.231. The van der Waals surface area contributed by atoms with Gasteiger partial charge in [0.25, 0.3) is 11.4 Å². The van der Waals surface area contributed by atoms with Crippen LogP contribution < -0.4 is 0 Å². The standard InChI is InChI=1S/C16H16N2O10S2/c19-17(20)13-5-7-15(29(23,24)25)11(9-13)3-1-2-4-12-10-14(18(21)22)6-8-16(12)30(26,27)28/h5-10H,1-4H2,(H,23,24,25)(H,26,27,28)/p-2. The molecule has 2 aromatic carbocycles. The first-order valence-electron chi connectivity index (χ1n) is 8.27. The second kappa shape index (κ2) is 8.83. The number of non-ortho nitro benzene ring substituents is 2. The highest BCUT2D eigenvalue weighted by molar-refractivity contribution is 7.86. The van der Waals surface area contributed by atoms with Crippen LogP contribution in [0.2, 0.25) is 0 Å². The van der Waals surface area contributed by atoms with Crippen molar-refractivity contribution in [3.05, 3.63) is 67.8 Å². The number of hydrogen-bond donors (Lipinski definition) is 0. The average molecular weight is 458 g/mol. The van der Waals surface area contributed by atoms with E-state index < -0.39 is 51.2 Å². The van der Waals surface area contributed by atoms with Crippen molar-refractivity contribution in [3.63, 3.8) is 0 Å². The maximum absolute atomic E-state index is 11.4. The molecule has 0 fully saturated rings. The Balaban J connectivity index is 2.23. The molecule has 0 aliphatic rings. The molecule has 2 aromatic rings. The van der Waals surface area contributed by atoms with E-state index in [0.717, 1.165) is 36.4 Å². The van der Waals surface area contributed by atoms with Gasteiger partial charge in [0.2, 0.25) is 0 Å². The van der Waals surface area contributed by atoms with Gasteiger partial charge in [-0.15, -0.1) is 0 Å². The Bertz CT molecular complexity index is 1110. The lowest BCUT2D eigenvalue weighted by Gasteiger charge is -2.14. The fourth-order valence-corrected chi connectivity index (χ4v) is 4.30. The first kappa shape index (κ1) is 23.3. The first-order valence-corrected chi connectivity index (χ1v) is 11.1. The summed E-state index contributed by atoms with van der Waals surface area (Å²) in [5.41, 5.74) is -0.962. The Morgan fingerprint density at radius 1 is 0.667 bits per heavy atom. The zero-order valence-corrected chi connectivity index (χ0v) is 16.7. The first-order chi connectivity index (χ1) is 13.8. The summed E-state index contributed by atoms with van der Waals surface area (Å²) in [5.74, 6) is 0. The minimum Gasteiger partial charge on any atom is -0.744 e. The fourth-order valence-electron chi connectivity index (χ4n) is 2.87. The van der Waals surface area contributed by atoms with E-state index in [4.69, 9.17) is 0 Å². The van der Waals surface area contributed by atoms with Gasteiger partial charge in [-0.05, 0) is 48.9 Å². The largest absolute Gasteiger partial charge is 0.744 e. The van der Waals surface area contributed by atoms with Crippen LogP contribution >= 0.6 is 0 Å². The Kier molecular flexibility index (Phi) is 6.87. The molecule has 2 rings (SSSR count). The maximum atomic E-state index is 11.4. The summed E-state index contributed by atoms with van der Waals surface area (Å²) in [5, 5.41) is 21.8. The molecule has 0 radical (unpaired) electrons. The molecule has 0 saturated heterocycles. The molecule has 0 amide bonds. The Morgan fingerprint density at radius 3 is 1.27 bits per heavy atom. The van der Waals surface area contributed by atoms with Crippen LogP contribution in [0.3, 0.4) is 0 Å². The van der Waals surface area contributed by atoms with Gasteiger partial charge in [-0.1, -0.05) is 0 Å². The lowest BCUT2D eigenvalue weighted by Crippen LogP contribution is -2.06.